The van der Waals surface area contributed by atoms with Gasteiger partial charge in [0.25, 0.3) is 0 Å². The number of likely N-dealkylation sites (N-methyl/N-ethyl adjacent to an activating group) is 1. The van der Waals surface area contributed by atoms with Gasteiger partial charge in [-0.3, -0.25) is 4.98 Å². The Kier molecular flexibility index (Phi) is 5.14. The van der Waals surface area contributed by atoms with Gasteiger partial charge in [-0.25, -0.2) is 15.5 Å². The molecule has 0 atom stereocenters. The number of hydrogen-bond acceptors (Lipinski definition) is 7. The maximum absolute atomic E-state index is 6.26. The summed E-state index contributed by atoms with van der Waals surface area (Å²) < 4.78 is 7.53. The third-order valence-corrected chi connectivity index (χ3v) is 3.75. The molecule has 8 nitrogen and oxygen atoms in total. The van der Waals surface area contributed by atoms with Crippen molar-refractivity contribution in [1.29, 1.82) is 0 Å². The average molecular weight is 351 g/mol. The molecule has 26 heavy (non-hydrogen) atoms. The van der Waals surface area contributed by atoms with E-state index >= 15 is 0 Å². The first-order valence-corrected chi connectivity index (χ1v) is 8.04. The Morgan fingerprint density at radius 3 is 2.77 bits per heavy atom. The van der Waals surface area contributed by atoms with Crippen molar-refractivity contribution in [2.75, 3.05) is 13.7 Å². The van der Waals surface area contributed by atoms with E-state index in [-0.39, 0.29) is 6.61 Å². The quantitative estimate of drug-likeness (QED) is 0.511. The van der Waals surface area contributed by atoms with Crippen molar-refractivity contribution in [1.82, 2.24) is 24.8 Å². The van der Waals surface area contributed by atoms with Crippen LogP contribution in [0.4, 0.5) is 0 Å². The Labute approximate surface area is 151 Å². The van der Waals surface area contributed by atoms with Crippen LogP contribution in [0.1, 0.15) is 11.4 Å². The van der Waals surface area contributed by atoms with Gasteiger partial charge in [0, 0.05) is 37.4 Å². The minimum absolute atomic E-state index is 0.157. The summed E-state index contributed by atoms with van der Waals surface area (Å²) >= 11 is 0. The molecule has 0 amide bonds. The molecule has 0 spiro atoms. The zero-order valence-electron chi connectivity index (χ0n) is 14.7. The first-order valence-electron chi connectivity index (χ1n) is 8.04. The molecule has 3 aromatic rings. The molecule has 3 aromatic heterocycles. The largest absolute Gasteiger partial charge is 0.471 e. The summed E-state index contributed by atoms with van der Waals surface area (Å²) in [4.78, 5) is 8.66. The van der Waals surface area contributed by atoms with E-state index in [0.29, 0.717) is 23.0 Å². The molecule has 0 aliphatic heterocycles. The van der Waals surface area contributed by atoms with Gasteiger partial charge in [-0.05, 0) is 31.2 Å². The van der Waals surface area contributed by atoms with Gasteiger partial charge in [-0.15, -0.1) is 0 Å². The molecule has 0 fully saturated rings. The van der Waals surface area contributed by atoms with Crippen LogP contribution in [0, 0.1) is 6.92 Å². The van der Waals surface area contributed by atoms with Crippen LogP contribution in [0.5, 0.6) is 5.88 Å². The maximum Gasteiger partial charge on any atom is 0.215 e. The van der Waals surface area contributed by atoms with E-state index in [1.807, 2.05) is 43.5 Å². The van der Waals surface area contributed by atoms with Crippen LogP contribution in [-0.4, -0.2) is 38.4 Å². The Hall–Kier alpha value is -3.39. The summed E-state index contributed by atoms with van der Waals surface area (Å²) in [6, 6.07) is 11.1. The number of hydrazine groups is 1. The molecule has 3 rings (SSSR count). The maximum atomic E-state index is 6.26. The minimum atomic E-state index is 0.157. The van der Waals surface area contributed by atoms with E-state index in [1.165, 1.54) is 5.01 Å². The van der Waals surface area contributed by atoms with Crippen molar-refractivity contribution >= 4 is 5.70 Å². The summed E-state index contributed by atoms with van der Waals surface area (Å²) in [6.45, 7) is 2.06. The third kappa shape index (κ3) is 3.98. The third-order valence-electron chi connectivity index (χ3n) is 3.75. The Bertz CT molecular complexity index is 903. The van der Waals surface area contributed by atoms with Gasteiger partial charge in [-0.1, -0.05) is 6.07 Å². The van der Waals surface area contributed by atoms with Crippen LogP contribution in [0.3, 0.4) is 0 Å². The second-order valence-corrected chi connectivity index (χ2v) is 5.73. The molecule has 0 unspecified atom stereocenters. The van der Waals surface area contributed by atoms with E-state index in [9.17, 15) is 0 Å². The molecule has 0 saturated carbocycles. The van der Waals surface area contributed by atoms with Crippen molar-refractivity contribution in [3.05, 3.63) is 72.1 Å². The number of rotatable bonds is 6. The second-order valence-electron chi connectivity index (χ2n) is 5.73. The molecule has 0 aliphatic rings. The summed E-state index contributed by atoms with van der Waals surface area (Å²) in [5.74, 6) is 6.38. The molecule has 134 valence electrons. The predicted octanol–water partition coefficient (Wildman–Crippen LogP) is 1.48. The predicted molar refractivity (Wildman–Crippen MR) is 98.9 cm³/mol. The summed E-state index contributed by atoms with van der Waals surface area (Å²) in [5.41, 5.74) is 9.70. The lowest BCUT2D eigenvalue weighted by Crippen LogP contribution is -2.31. The minimum Gasteiger partial charge on any atom is -0.471 e. The highest BCUT2D eigenvalue weighted by Crippen LogP contribution is 2.17. The zero-order valence-corrected chi connectivity index (χ0v) is 14.7. The van der Waals surface area contributed by atoms with Gasteiger partial charge in [0.15, 0.2) is 0 Å². The Morgan fingerprint density at radius 1 is 1.23 bits per heavy atom. The molecule has 0 bridgehead atoms. The molecule has 0 aliphatic carbocycles. The van der Waals surface area contributed by atoms with Crippen molar-refractivity contribution in [3.8, 4) is 11.6 Å². The fourth-order valence-corrected chi connectivity index (χ4v) is 2.39. The summed E-state index contributed by atoms with van der Waals surface area (Å²) in [6.07, 6.45) is 5.22. The van der Waals surface area contributed by atoms with Gasteiger partial charge < -0.3 is 15.5 Å². The van der Waals surface area contributed by atoms with Gasteiger partial charge in [0.05, 0.1) is 22.8 Å². The van der Waals surface area contributed by atoms with Crippen LogP contribution in [0.25, 0.3) is 11.4 Å². The molecule has 0 saturated heterocycles. The molecule has 8 heteroatoms. The number of aromatic nitrogens is 4. The van der Waals surface area contributed by atoms with Crippen molar-refractivity contribution in [3.63, 3.8) is 0 Å². The van der Waals surface area contributed by atoms with E-state index in [2.05, 4.69) is 15.1 Å². The number of aryl methyl sites for hydroxylation is 1. The van der Waals surface area contributed by atoms with Gasteiger partial charge in [0.1, 0.15) is 6.61 Å². The van der Waals surface area contributed by atoms with E-state index in [1.54, 1.807) is 30.2 Å². The number of nitrogens with two attached hydrogens (primary N) is 2. The number of pyridine rings is 2. The molecule has 0 aromatic carbocycles. The lowest BCUT2D eigenvalue weighted by atomic mass is 10.2. The van der Waals surface area contributed by atoms with Crippen molar-refractivity contribution in [2.45, 2.75) is 6.92 Å². The number of ether oxygens (including phenoxy) is 1. The normalized spacial score (nSPS) is 11.8. The second kappa shape index (κ2) is 7.66. The topological polar surface area (TPSA) is 108 Å². The highest BCUT2D eigenvalue weighted by molar-refractivity contribution is 5.62. The van der Waals surface area contributed by atoms with Crippen LogP contribution >= 0.6 is 0 Å². The van der Waals surface area contributed by atoms with Crippen LogP contribution in [0.2, 0.25) is 0 Å². The fourth-order valence-electron chi connectivity index (χ4n) is 2.39. The molecular formula is C18H21N7O. The Balaban J connectivity index is 1.82. The Morgan fingerprint density at radius 2 is 2.08 bits per heavy atom. The molecule has 0 radical (unpaired) electrons. The lowest BCUT2D eigenvalue weighted by molar-refractivity contribution is 0.287. The van der Waals surface area contributed by atoms with Crippen LogP contribution in [-0.2, 0) is 0 Å². The van der Waals surface area contributed by atoms with Gasteiger partial charge >= 0.3 is 0 Å². The van der Waals surface area contributed by atoms with Crippen molar-refractivity contribution in [2.24, 2.45) is 11.6 Å². The summed E-state index contributed by atoms with van der Waals surface area (Å²) in [5, 5.41) is 5.62. The van der Waals surface area contributed by atoms with Gasteiger partial charge in [0.2, 0.25) is 5.88 Å². The van der Waals surface area contributed by atoms with E-state index in [4.69, 9.17) is 16.3 Å². The smallest absolute Gasteiger partial charge is 0.215 e. The van der Waals surface area contributed by atoms with Crippen LogP contribution in [0.15, 0.2) is 60.7 Å². The first-order chi connectivity index (χ1) is 12.5. The SMILES string of the molecule is Cc1cccc(/C(N)=C(\COc2cc(-n3cccn3)ccn2)N(C)N)n1. The average Bonchev–Trinajstić information content (AvgIpc) is 3.16. The van der Waals surface area contributed by atoms with Crippen molar-refractivity contribution < 1.29 is 4.74 Å². The lowest BCUT2D eigenvalue weighted by Gasteiger charge is -2.20. The first kappa shape index (κ1) is 17.4. The number of nitrogens with zero attached hydrogens (tertiary/aromatic N) is 5. The van der Waals surface area contributed by atoms with Crippen LogP contribution < -0.4 is 16.3 Å². The van der Waals surface area contributed by atoms with Gasteiger partial charge in [-0.2, -0.15) is 5.10 Å². The van der Waals surface area contributed by atoms with E-state index < -0.39 is 0 Å². The fraction of sp³-hybridized carbons (Fsp3) is 0.167. The standard InChI is InChI=1S/C18H21N7O/c1-13-5-3-6-15(23-13)18(19)16(24(2)20)12-26-17-11-14(7-9-21-17)25-10-4-8-22-25/h3-11H,12,19-20H2,1-2H3/b18-16-. The molecule has 4 N–H and O–H groups in total. The highest BCUT2D eigenvalue weighted by atomic mass is 16.5. The highest BCUT2D eigenvalue weighted by Gasteiger charge is 2.12. The monoisotopic (exact) mass is 351 g/mol. The molecular weight excluding hydrogens is 330 g/mol. The molecule has 3 heterocycles. The number of hydrogen-bond donors (Lipinski definition) is 2. The summed E-state index contributed by atoms with van der Waals surface area (Å²) in [7, 11) is 1.70. The van der Waals surface area contributed by atoms with E-state index in [0.717, 1.165) is 11.4 Å². The zero-order chi connectivity index (χ0) is 18.5.